The maximum Gasteiger partial charge on any atom is 0.243 e. The SMILES string of the molecule is CCCCCCCCCCC(NC(=O)C(CCCCCCCCCC)NC(=O)C(CCCCNC(=O)C(CCCCN)NC(C)=O)NC(=O)C(CCCCN)NC(C)=O)C(N)=O. The monoisotopic (exact) mass is 880 g/mol. The second-order valence-corrected chi connectivity index (χ2v) is 17.0. The molecule has 360 valence electrons. The highest BCUT2D eigenvalue weighted by atomic mass is 16.2. The molecular weight excluding hydrogens is 791 g/mol. The van der Waals surface area contributed by atoms with Crippen LogP contribution in [0.25, 0.3) is 0 Å². The van der Waals surface area contributed by atoms with Crippen LogP contribution in [-0.2, 0) is 33.6 Å². The highest BCUT2D eigenvalue weighted by Crippen LogP contribution is 2.14. The normalized spacial score (nSPS) is 13.5. The van der Waals surface area contributed by atoms with Crippen LogP contribution in [0.2, 0.25) is 0 Å². The van der Waals surface area contributed by atoms with Gasteiger partial charge in [-0.25, -0.2) is 0 Å². The molecule has 0 fully saturated rings. The van der Waals surface area contributed by atoms with Crippen molar-refractivity contribution >= 4 is 41.4 Å². The second kappa shape index (κ2) is 38.9. The molecule has 0 aliphatic heterocycles. The lowest BCUT2D eigenvalue weighted by Gasteiger charge is -2.26. The van der Waals surface area contributed by atoms with Gasteiger partial charge in [-0.05, 0) is 83.7 Å². The van der Waals surface area contributed by atoms with Gasteiger partial charge in [-0.1, -0.05) is 117 Å². The van der Waals surface area contributed by atoms with Gasteiger partial charge in [0.05, 0.1) is 0 Å². The number of nitrogens with one attached hydrogen (secondary N) is 6. The third-order valence-corrected chi connectivity index (χ3v) is 11.1. The molecule has 7 amide bonds. The maximum atomic E-state index is 14.2. The fourth-order valence-electron chi connectivity index (χ4n) is 7.43. The van der Waals surface area contributed by atoms with E-state index in [1.807, 2.05) is 0 Å². The number of primary amides is 1. The molecule has 0 aromatic heterocycles. The van der Waals surface area contributed by atoms with Gasteiger partial charge < -0.3 is 49.1 Å². The van der Waals surface area contributed by atoms with Gasteiger partial charge in [-0.15, -0.1) is 0 Å². The molecule has 0 saturated carbocycles. The molecule has 12 N–H and O–H groups in total. The number of rotatable bonds is 41. The predicted molar refractivity (Wildman–Crippen MR) is 247 cm³/mol. The van der Waals surface area contributed by atoms with Crippen LogP contribution in [-0.4, -0.2) is 91.2 Å². The molecule has 62 heavy (non-hydrogen) atoms. The lowest BCUT2D eigenvalue weighted by Crippen LogP contribution is -2.58. The highest BCUT2D eigenvalue weighted by molar-refractivity contribution is 5.95. The number of unbranched alkanes of at least 4 members (excludes halogenated alkanes) is 17. The summed E-state index contributed by atoms with van der Waals surface area (Å²) in [6.07, 6.45) is 22.1. The molecule has 5 atom stereocenters. The topological polar surface area (TPSA) is 270 Å². The standard InChI is InChI=1S/C46H89N9O7/c1-5-7-9-11-13-15-17-19-27-37(42(49)58)53-45(61)40(28-20-18-16-14-12-10-8-6-2)55-46(62)41(54-44(60)39(52-36(4)57)30-22-25-33-48)31-23-26-34-50-43(59)38(51-35(3)56)29-21-24-32-47/h37-41H,5-34,47-48H2,1-4H3,(H2,49,58)(H,50,59)(H,51,56)(H,52,57)(H,53,61)(H,54,60)(H,55,62). The van der Waals surface area contributed by atoms with Gasteiger partial charge in [0.2, 0.25) is 41.4 Å². The molecular formula is C46H89N9O7. The zero-order valence-corrected chi connectivity index (χ0v) is 39.2. The van der Waals surface area contributed by atoms with E-state index in [2.05, 4.69) is 45.7 Å². The van der Waals surface area contributed by atoms with E-state index in [1.54, 1.807) is 0 Å². The molecule has 0 rings (SSSR count). The van der Waals surface area contributed by atoms with Gasteiger partial charge in [0, 0.05) is 20.4 Å². The van der Waals surface area contributed by atoms with Crippen LogP contribution < -0.4 is 49.1 Å². The van der Waals surface area contributed by atoms with Crippen molar-refractivity contribution < 1.29 is 33.6 Å². The number of amides is 7. The summed E-state index contributed by atoms with van der Waals surface area (Å²) < 4.78 is 0. The summed E-state index contributed by atoms with van der Waals surface area (Å²) in [6, 6.07) is -4.54. The molecule has 0 spiro atoms. The van der Waals surface area contributed by atoms with Gasteiger partial charge in [-0.2, -0.15) is 0 Å². The van der Waals surface area contributed by atoms with E-state index < -0.39 is 59.7 Å². The minimum Gasteiger partial charge on any atom is -0.368 e. The van der Waals surface area contributed by atoms with Crippen LogP contribution in [0.4, 0.5) is 0 Å². The molecule has 5 unspecified atom stereocenters. The van der Waals surface area contributed by atoms with E-state index in [-0.39, 0.29) is 24.8 Å². The zero-order chi connectivity index (χ0) is 46.4. The van der Waals surface area contributed by atoms with Crippen molar-refractivity contribution in [1.82, 2.24) is 31.9 Å². The van der Waals surface area contributed by atoms with Crippen molar-refractivity contribution in [3.63, 3.8) is 0 Å². The van der Waals surface area contributed by atoms with Crippen LogP contribution in [0.5, 0.6) is 0 Å². The van der Waals surface area contributed by atoms with E-state index in [0.717, 1.165) is 57.8 Å². The predicted octanol–water partition coefficient (Wildman–Crippen LogP) is 4.54. The first-order chi connectivity index (χ1) is 29.8. The Morgan fingerprint density at radius 1 is 0.371 bits per heavy atom. The first-order valence-electron chi connectivity index (χ1n) is 24.2. The third-order valence-electron chi connectivity index (χ3n) is 11.1. The Kier molecular flexibility index (Phi) is 36.5. The fraction of sp³-hybridized carbons (Fsp3) is 0.848. The fourth-order valence-corrected chi connectivity index (χ4v) is 7.43. The summed E-state index contributed by atoms with van der Waals surface area (Å²) in [5.74, 6) is -3.27. The Labute approximate surface area is 374 Å². The lowest BCUT2D eigenvalue weighted by atomic mass is 10.0. The van der Waals surface area contributed by atoms with Crippen molar-refractivity contribution in [1.29, 1.82) is 0 Å². The van der Waals surface area contributed by atoms with Crippen molar-refractivity contribution in [3.05, 3.63) is 0 Å². The van der Waals surface area contributed by atoms with E-state index in [0.29, 0.717) is 77.3 Å². The molecule has 0 saturated heterocycles. The summed E-state index contributed by atoms with van der Waals surface area (Å²) in [5, 5.41) is 16.8. The van der Waals surface area contributed by atoms with Crippen molar-refractivity contribution in [3.8, 4) is 0 Å². The number of carbonyl (C=O) groups excluding carboxylic acids is 7. The van der Waals surface area contributed by atoms with Gasteiger partial charge in [0.15, 0.2) is 0 Å². The largest absolute Gasteiger partial charge is 0.368 e. The zero-order valence-electron chi connectivity index (χ0n) is 39.2. The minimum atomic E-state index is -1.08. The number of carbonyl (C=O) groups is 7. The van der Waals surface area contributed by atoms with Crippen molar-refractivity contribution in [2.75, 3.05) is 19.6 Å². The Hall–Kier alpha value is -3.79. The molecule has 0 heterocycles. The van der Waals surface area contributed by atoms with Gasteiger partial charge in [-0.3, -0.25) is 33.6 Å². The number of hydrogen-bond donors (Lipinski definition) is 9. The molecule has 0 aromatic rings. The smallest absolute Gasteiger partial charge is 0.243 e. The van der Waals surface area contributed by atoms with E-state index in [1.165, 1.54) is 58.8 Å². The third kappa shape index (κ3) is 31.1. The Morgan fingerprint density at radius 2 is 0.661 bits per heavy atom. The van der Waals surface area contributed by atoms with E-state index in [9.17, 15) is 33.6 Å². The Balaban J connectivity index is 6.08. The van der Waals surface area contributed by atoms with Crippen molar-refractivity contribution in [2.45, 2.75) is 231 Å². The highest BCUT2D eigenvalue weighted by Gasteiger charge is 2.30. The van der Waals surface area contributed by atoms with E-state index in [4.69, 9.17) is 17.2 Å². The average molecular weight is 880 g/mol. The number of nitrogens with two attached hydrogens (primary N) is 3. The van der Waals surface area contributed by atoms with E-state index >= 15 is 0 Å². The molecule has 16 nitrogen and oxygen atoms in total. The summed E-state index contributed by atoms with van der Waals surface area (Å²) in [6.45, 7) is 8.21. The van der Waals surface area contributed by atoms with Crippen LogP contribution in [0.1, 0.15) is 201 Å². The van der Waals surface area contributed by atoms with Gasteiger partial charge in [0.1, 0.15) is 30.2 Å². The first-order valence-corrected chi connectivity index (χ1v) is 24.2. The van der Waals surface area contributed by atoms with Crippen LogP contribution >= 0.6 is 0 Å². The number of hydrogen-bond acceptors (Lipinski definition) is 9. The summed E-state index contributed by atoms with van der Waals surface area (Å²) in [7, 11) is 0. The first kappa shape index (κ1) is 58.2. The second-order valence-electron chi connectivity index (χ2n) is 17.0. The Bertz CT molecular complexity index is 1260. The quantitative estimate of drug-likeness (QED) is 0.0390. The van der Waals surface area contributed by atoms with Crippen LogP contribution in [0.3, 0.4) is 0 Å². The van der Waals surface area contributed by atoms with Crippen LogP contribution in [0.15, 0.2) is 0 Å². The Morgan fingerprint density at radius 3 is 1.02 bits per heavy atom. The molecule has 0 bridgehead atoms. The minimum absolute atomic E-state index is 0.170. The molecule has 16 heteroatoms. The summed E-state index contributed by atoms with van der Waals surface area (Å²) in [5.41, 5.74) is 17.0. The molecule has 0 aliphatic carbocycles. The lowest BCUT2D eigenvalue weighted by molar-refractivity contribution is -0.134. The van der Waals surface area contributed by atoms with Crippen molar-refractivity contribution in [2.24, 2.45) is 17.2 Å². The molecule has 0 radical (unpaired) electrons. The van der Waals surface area contributed by atoms with Gasteiger partial charge in [0.25, 0.3) is 0 Å². The van der Waals surface area contributed by atoms with Gasteiger partial charge >= 0.3 is 0 Å². The van der Waals surface area contributed by atoms with Crippen LogP contribution in [0, 0.1) is 0 Å². The maximum absolute atomic E-state index is 14.2. The summed E-state index contributed by atoms with van der Waals surface area (Å²) in [4.78, 5) is 91.0. The average Bonchev–Trinajstić information content (AvgIpc) is 3.22. The summed E-state index contributed by atoms with van der Waals surface area (Å²) >= 11 is 0. The molecule has 0 aromatic carbocycles. The molecule has 0 aliphatic rings.